The van der Waals surface area contributed by atoms with Crippen molar-refractivity contribution in [3.63, 3.8) is 0 Å². The summed E-state index contributed by atoms with van der Waals surface area (Å²) in [6, 6.07) is 20.0. The lowest BCUT2D eigenvalue weighted by Gasteiger charge is -2.25. The Morgan fingerprint density at radius 1 is 0.930 bits per heavy atom. The summed E-state index contributed by atoms with van der Waals surface area (Å²) in [6.45, 7) is 5.08. The normalized spacial score (nSPS) is 15.4. The molecule has 0 saturated carbocycles. The first-order valence-electron chi connectivity index (χ1n) is 15.0. The van der Waals surface area contributed by atoms with Crippen molar-refractivity contribution in [2.24, 2.45) is 7.05 Å². The van der Waals surface area contributed by atoms with Crippen molar-refractivity contribution in [3.8, 4) is 28.4 Å². The molecule has 0 atom stereocenters. The highest BCUT2D eigenvalue weighted by Gasteiger charge is 2.21. The summed E-state index contributed by atoms with van der Waals surface area (Å²) in [5, 5.41) is 4.66. The first-order chi connectivity index (χ1) is 21.1. The van der Waals surface area contributed by atoms with E-state index in [9.17, 15) is 4.79 Å². The maximum atomic E-state index is 13.9. The van der Waals surface area contributed by atoms with Crippen molar-refractivity contribution >= 4 is 5.91 Å². The van der Waals surface area contributed by atoms with Gasteiger partial charge in [0.1, 0.15) is 23.9 Å². The number of imidazole rings is 2. The van der Waals surface area contributed by atoms with Crippen LogP contribution in [0.1, 0.15) is 35.4 Å². The van der Waals surface area contributed by atoms with E-state index >= 15 is 0 Å². The highest BCUT2D eigenvalue weighted by molar-refractivity contribution is 5.93. The number of aryl methyl sites for hydroxylation is 2. The molecular formula is C33H38N8O2. The van der Waals surface area contributed by atoms with Crippen molar-refractivity contribution < 1.29 is 9.53 Å². The molecule has 1 amide bonds. The van der Waals surface area contributed by atoms with Gasteiger partial charge in [-0.05, 0) is 44.0 Å². The quantitative estimate of drug-likeness (QED) is 0.327. The van der Waals surface area contributed by atoms with E-state index in [0.29, 0.717) is 25.4 Å². The molecule has 222 valence electrons. The van der Waals surface area contributed by atoms with Crippen LogP contribution in [0.3, 0.4) is 0 Å². The molecule has 5 aromatic rings. The monoisotopic (exact) mass is 578 g/mol. The number of aromatic nitrogens is 6. The lowest BCUT2D eigenvalue weighted by Crippen LogP contribution is -2.35. The summed E-state index contributed by atoms with van der Waals surface area (Å²) in [7, 11) is 1.85. The Bertz CT molecular complexity index is 1610. The van der Waals surface area contributed by atoms with Gasteiger partial charge in [0.15, 0.2) is 0 Å². The Kier molecular flexibility index (Phi) is 8.93. The maximum Gasteiger partial charge on any atom is 0.272 e. The predicted molar refractivity (Wildman–Crippen MR) is 165 cm³/mol. The Morgan fingerprint density at radius 3 is 2.63 bits per heavy atom. The van der Waals surface area contributed by atoms with Crippen LogP contribution >= 0.6 is 0 Å². The van der Waals surface area contributed by atoms with E-state index in [4.69, 9.17) is 4.74 Å². The van der Waals surface area contributed by atoms with E-state index in [1.54, 1.807) is 11.0 Å². The average Bonchev–Trinajstić information content (AvgIpc) is 3.80. The van der Waals surface area contributed by atoms with Crippen molar-refractivity contribution in [2.45, 2.75) is 32.4 Å². The Hall–Kier alpha value is -4.70. The minimum Gasteiger partial charge on any atom is -0.492 e. The molecule has 0 saturated heterocycles. The standard InChI is InChI=1S/C33H38N8O2/c1-38-31(22-30(37-38)26-9-3-2-4-10-26)33(42)41-15-6-5-14-39(24-28-23-34-25-36-28)19-20-43-29-12-7-11-27(21-29)32-35-13-18-40(32)16-8-17-41/h2-4,7,9-13,18,21-23,25H,5-6,8,14-17,19-20,24H2,1H3,(H,34,36). The van der Waals surface area contributed by atoms with E-state index in [1.165, 1.54) is 0 Å². The molecule has 0 spiro atoms. The van der Waals surface area contributed by atoms with E-state index in [2.05, 4.69) is 41.7 Å². The third-order valence-corrected chi connectivity index (χ3v) is 7.87. The number of aromatic amines is 1. The van der Waals surface area contributed by atoms with Crippen molar-refractivity contribution in [1.82, 2.24) is 39.1 Å². The van der Waals surface area contributed by atoms with Crippen LogP contribution in [0.15, 0.2) is 85.6 Å². The summed E-state index contributed by atoms with van der Waals surface area (Å²) < 4.78 is 10.1. The average molecular weight is 579 g/mol. The predicted octanol–water partition coefficient (Wildman–Crippen LogP) is 4.88. The van der Waals surface area contributed by atoms with Gasteiger partial charge >= 0.3 is 0 Å². The summed E-state index contributed by atoms with van der Waals surface area (Å²) in [5.41, 5.74) is 4.49. The number of hydrogen-bond acceptors (Lipinski definition) is 6. The van der Waals surface area contributed by atoms with Crippen LogP contribution in [0.5, 0.6) is 5.75 Å². The SMILES string of the molecule is Cn1nc(-c2ccccc2)cc1C(=O)N1CCCCN(Cc2cnc[nH]2)CCOc2cccc(c2)-c2nccn2CCC1. The van der Waals surface area contributed by atoms with E-state index in [0.717, 1.165) is 79.5 Å². The van der Waals surface area contributed by atoms with Crippen LogP contribution < -0.4 is 4.74 Å². The summed E-state index contributed by atoms with van der Waals surface area (Å²) in [6.07, 6.45) is 10.1. The number of carbonyl (C=O) groups is 1. The minimum atomic E-state index is 0.0105. The van der Waals surface area contributed by atoms with Gasteiger partial charge in [0.2, 0.25) is 0 Å². The number of benzene rings is 2. The van der Waals surface area contributed by atoms with Gasteiger partial charge in [0.05, 0.1) is 12.0 Å². The molecule has 43 heavy (non-hydrogen) atoms. The molecule has 0 radical (unpaired) electrons. The molecule has 2 aromatic carbocycles. The van der Waals surface area contributed by atoms with Crippen LogP contribution in [-0.2, 0) is 20.1 Å². The molecule has 1 aliphatic heterocycles. The van der Waals surface area contributed by atoms with Gasteiger partial charge < -0.3 is 19.2 Å². The molecule has 1 N–H and O–H groups in total. The molecule has 0 fully saturated rings. The zero-order chi connectivity index (χ0) is 29.4. The molecular weight excluding hydrogens is 540 g/mol. The van der Waals surface area contributed by atoms with Gasteiger partial charge in [-0.25, -0.2) is 9.97 Å². The third kappa shape index (κ3) is 7.03. The zero-order valence-electron chi connectivity index (χ0n) is 24.6. The summed E-state index contributed by atoms with van der Waals surface area (Å²) in [5.74, 6) is 1.74. The smallest absolute Gasteiger partial charge is 0.272 e. The maximum absolute atomic E-state index is 13.9. The second kappa shape index (κ2) is 13.5. The Labute approximate surface area is 252 Å². The molecule has 4 heterocycles. The fourth-order valence-corrected chi connectivity index (χ4v) is 5.61. The van der Waals surface area contributed by atoms with Crippen molar-refractivity contribution in [2.75, 3.05) is 32.8 Å². The van der Waals surface area contributed by atoms with E-state index in [-0.39, 0.29) is 5.91 Å². The Morgan fingerprint density at radius 2 is 1.77 bits per heavy atom. The van der Waals surface area contributed by atoms with Gasteiger partial charge in [-0.15, -0.1) is 0 Å². The molecule has 6 rings (SSSR count). The fraction of sp³-hybridized carbons (Fsp3) is 0.333. The fourth-order valence-electron chi connectivity index (χ4n) is 5.61. The minimum absolute atomic E-state index is 0.0105. The summed E-state index contributed by atoms with van der Waals surface area (Å²) >= 11 is 0. The second-order valence-electron chi connectivity index (χ2n) is 10.9. The van der Waals surface area contributed by atoms with Crippen LogP contribution in [0, 0.1) is 0 Å². The number of ether oxygens (including phenoxy) is 1. The van der Waals surface area contributed by atoms with Gasteiger partial charge in [0.25, 0.3) is 5.91 Å². The van der Waals surface area contributed by atoms with Crippen molar-refractivity contribution in [1.29, 1.82) is 0 Å². The first-order valence-corrected chi connectivity index (χ1v) is 15.0. The van der Waals surface area contributed by atoms with Crippen LogP contribution in [-0.4, -0.2) is 77.8 Å². The van der Waals surface area contributed by atoms with Gasteiger partial charge in [-0.2, -0.15) is 5.10 Å². The lowest BCUT2D eigenvalue weighted by molar-refractivity contribution is 0.0735. The van der Waals surface area contributed by atoms with Crippen LogP contribution in [0.2, 0.25) is 0 Å². The molecule has 0 unspecified atom stereocenters. The van der Waals surface area contributed by atoms with Gasteiger partial charge in [0, 0.05) is 75.2 Å². The number of fused-ring (bicyclic) bond motifs is 4. The van der Waals surface area contributed by atoms with Crippen molar-refractivity contribution in [3.05, 3.63) is 97.0 Å². The van der Waals surface area contributed by atoms with Gasteiger partial charge in [-0.1, -0.05) is 42.5 Å². The molecule has 3 aromatic heterocycles. The third-order valence-electron chi connectivity index (χ3n) is 7.87. The number of amides is 1. The van der Waals surface area contributed by atoms with Gasteiger partial charge in [-0.3, -0.25) is 14.4 Å². The molecule has 1 aliphatic rings. The highest BCUT2D eigenvalue weighted by atomic mass is 16.5. The second-order valence-corrected chi connectivity index (χ2v) is 10.9. The zero-order valence-corrected chi connectivity index (χ0v) is 24.6. The number of carbonyl (C=O) groups excluding carboxylic acids is 1. The summed E-state index contributed by atoms with van der Waals surface area (Å²) in [4.78, 5) is 30.4. The topological polar surface area (TPSA) is 97.1 Å². The number of nitrogens with one attached hydrogen (secondary N) is 1. The number of hydrogen-bond donors (Lipinski definition) is 1. The molecule has 0 aliphatic carbocycles. The van der Waals surface area contributed by atoms with E-state index in [1.807, 2.05) is 79.1 Å². The number of H-pyrrole nitrogens is 1. The number of rotatable bonds is 4. The van der Waals surface area contributed by atoms with Crippen LogP contribution in [0.4, 0.5) is 0 Å². The molecule has 10 heteroatoms. The van der Waals surface area contributed by atoms with E-state index < -0.39 is 0 Å². The Balaban J connectivity index is 1.23. The molecule has 10 nitrogen and oxygen atoms in total. The highest BCUT2D eigenvalue weighted by Crippen LogP contribution is 2.24. The van der Waals surface area contributed by atoms with Crippen LogP contribution in [0.25, 0.3) is 22.6 Å². The largest absolute Gasteiger partial charge is 0.492 e. The number of nitrogens with zero attached hydrogens (tertiary/aromatic N) is 7. The lowest BCUT2D eigenvalue weighted by atomic mass is 10.1. The molecule has 2 bridgehead atoms. The first kappa shape index (κ1) is 28.4.